The molecule has 0 amide bonds. The van der Waals surface area contributed by atoms with Gasteiger partial charge >= 0.3 is 0 Å². The first-order valence-corrected chi connectivity index (χ1v) is 8.09. The SMILES string of the molecule is CN1CCc2c(c3cc(F)ccc3n2CCc2ccncc2)C1.Cl. The molecule has 0 N–H and O–H groups in total. The second kappa shape index (κ2) is 6.91. The lowest BCUT2D eigenvalue weighted by Gasteiger charge is -2.24. The van der Waals surface area contributed by atoms with Crippen LogP contribution in [0.25, 0.3) is 10.9 Å². The zero-order valence-electron chi connectivity index (χ0n) is 13.7. The van der Waals surface area contributed by atoms with Crippen LogP contribution in [0.4, 0.5) is 4.39 Å². The first-order chi connectivity index (χ1) is 11.2. The lowest BCUT2D eigenvalue weighted by molar-refractivity contribution is 0.309. The molecule has 5 heteroatoms. The van der Waals surface area contributed by atoms with Crippen molar-refractivity contribution < 1.29 is 4.39 Å². The number of fused-ring (bicyclic) bond motifs is 3. The van der Waals surface area contributed by atoms with E-state index in [9.17, 15) is 4.39 Å². The summed E-state index contributed by atoms with van der Waals surface area (Å²) < 4.78 is 16.1. The third kappa shape index (κ3) is 3.04. The van der Waals surface area contributed by atoms with Crippen molar-refractivity contribution in [3.05, 3.63) is 65.4 Å². The first kappa shape index (κ1) is 16.9. The highest BCUT2D eigenvalue weighted by Crippen LogP contribution is 2.31. The summed E-state index contributed by atoms with van der Waals surface area (Å²) in [5.41, 5.74) is 5.10. The number of aryl methyl sites for hydroxylation is 2. The van der Waals surface area contributed by atoms with Crippen LogP contribution in [0.15, 0.2) is 42.7 Å². The summed E-state index contributed by atoms with van der Waals surface area (Å²) in [4.78, 5) is 6.38. The molecule has 1 aliphatic rings. The molecule has 4 rings (SSSR count). The van der Waals surface area contributed by atoms with Crippen molar-refractivity contribution in [1.29, 1.82) is 0 Å². The lowest BCUT2D eigenvalue weighted by atomic mass is 10.0. The normalized spacial score (nSPS) is 14.4. The van der Waals surface area contributed by atoms with Gasteiger partial charge in [-0.25, -0.2) is 4.39 Å². The Morgan fingerprint density at radius 1 is 1.17 bits per heavy atom. The number of benzene rings is 1. The van der Waals surface area contributed by atoms with Crippen LogP contribution in [0.2, 0.25) is 0 Å². The second-order valence-electron chi connectivity index (χ2n) is 6.33. The van der Waals surface area contributed by atoms with Gasteiger partial charge in [0.15, 0.2) is 0 Å². The standard InChI is InChI=1S/C19H20FN3.ClH/c1-22-10-7-19-17(13-22)16-12-15(20)2-3-18(16)23(19)11-6-14-4-8-21-9-5-14;/h2-5,8-9,12H,6-7,10-11,13H2,1H3;1H. The number of hydrogen-bond acceptors (Lipinski definition) is 2. The molecule has 0 saturated carbocycles. The summed E-state index contributed by atoms with van der Waals surface area (Å²) in [6.45, 7) is 2.88. The Kier molecular flexibility index (Phi) is 4.88. The minimum atomic E-state index is -0.153. The molecule has 126 valence electrons. The predicted molar refractivity (Wildman–Crippen MR) is 97.1 cm³/mol. The monoisotopic (exact) mass is 345 g/mol. The van der Waals surface area contributed by atoms with Gasteiger partial charge in [0, 0.05) is 55.0 Å². The zero-order valence-corrected chi connectivity index (χ0v) is 14.5. The predicted octanol–water partition coefficient (Wildman–Crippen LogP) is 3.83. The maximum absolute atomic E-state index is 13.7. The number of rotatable bonds is 3. The highest BCUT2D eigenvalue weighted by atomic mass is 35.5. The van der Waals surface area contributed by atoms with Crippen LogP contribution in [0, 0.1) is 5.82 Å². The van der Waals surface area contributed by atoms with E-state index in [1.54, 1.807) is 12.1 Å². The van der Waals surface area contributed by atoms with Gasteiger partial charge in [-0.05, 0) is 54.9 Å². The maximum Gasteiger partial charge on any atom is 0.123 e. The highest BCUT2D eigenvalue weighted by molar-refractivity contribution is 5.86. The van der Waals surface area contributed by atoms with Gasteiger partial charge in [-0.2, -0.15) is 0 Å². The molecule has 3 nitrogen and oxygen atoms in total. The van der Waals surface area contributed by atoms with Crippen LogP contribution >= 0.6 is 12.4 Å². The van der Waals surface area contributed by atoms with Crippen molar-refractivity contribution in [3.63, 3.8) is 0 Å². The largest absolute Gasteiger partial charge is 0.344 e. The van der Waals surface area contributed by atoms with Crippen LogP contribution in [0.3, 0.4) is 0 Å². The van der Waals surface area contributed by atoms with Crippen molar-refractivity contribution in [2.45, 2.75) is 25.9 Å². The van der Waals surface area contributed by atoms with Crippen LogP contribution in [0.1, 0.15) is 16.8 Å². The van der Waals surface area contributed by atoms with Gasteiger partial charge in [-0.15, -0.1) is 12.4 Å². The third-order valence-electron chi connectivity index (χ3n) is 4.78. The van der Waals surface area contributed by atoms with E-state index in [1.807, 2.05) is 18.5 Å². The van der Waals surface area contributed by atoms with Crippen LogP contribution in [0.5, 0.6) is 0 Å². The van der Waals surface area contributed by atoms with Crippen molar-refractivity contribution >= 4 is 23.3 Å². The van der Waals surface area contributed by atoms with Gasteiger partial charge in [0.05, 0.1) is 0 Å². The van der Waals surface area contributed by atoms with Crippen molar-refractivity contribution in [2.75, 3.05) is 13.6 Å². The lowest BCUT2D eigenvalue weighted by Crippen LogP contribution is -2.27. The molecule has 0 radical (unpaired) electrons. The molecule has 1 aliphatic heterocycles. The van der Waals surface area contributed by atoms with Gasteiger partial charge < -0.3 is 9.47 Å². The molecule has 0 unspecified atom stereocenters. The van der Waals surface area contributed by atoms with Crippen LogP contribution in [-0.2, 0) is 25.9 Å². The maximum atomic E-state index is 13.7. The topological polar surface area (TPSA) is 21.1 Å². The minimum Gasteiger partial charge on any atom is -0.344 e. The zero-order chi connectivity index (χ0) is 15.8. The minimum absolute atomic E-state index is 0. The molecular formula is C19H21ClFN3. The average molecular weight is 346 g/mol. The summed E-state index contributed by atoms with van der Waals surface area (Å²) in [5.74, 6) is -0.153. The van der Waals surface area contributed by atoms with Gasteiger partial charge in [0.25, 0.3) is 0 Å². The summed E-state index contributed by atoms with van der Waals surface area (Å²) in [5, 5.41) is 1.07. The Morgan fingerprint density at radius 3 is 2.75 bits per heavy atom. The smallest absolute Gasteiger partial charge is 0.123 e. The van der Waals surface area contributed by atoms with Gasteiger partial charge in [-0.1, -0.05) is 0 Å². The number of pyridine rings is 1. The molecule has 2 aromatic heterocycles. The molecular weight excluding hydrogens is 325 g/mol. The molecule has 3 aromatic rings. The van der Waals surface area contributed by atoms with E-state index in [2.05, 4.69) is 33.6 Å². The van der Waals surface area contributed by atoms with E-state index >= 15 is 0 Å². The Morgan fingerprint density at radius 2 is 1.96 bits per heavy atom. The van der Waals surface area contributed by atoms with Gasteiger partial charge in [-0.3, -0.25) is 4.98 Å². The van der Waals surface area contributed by atoms with Crippen molar-refractivity contribution in [2.24, 2.45) is 0 Å². The van der Waals surface area contributed by atoms with E-state index in [0.29, 0.717) is 0 Å². The van der Waals surface area contributed by atoms with E-state index in [-0.39, 0.29) is 18.2 Å². The highest BCUT2D eigenvalue weighted by Gasteiger charge is 2.22. The Hall–Kier alpha value is -1.91. The van der Waals surface area contributed by atoms with Crippen molar-refractivity contribution in [1.82, 2.24) is 14.5 Å². The molecule has 0 saturated heterocycles. The average Bonchev–Trinajstić information content (AvgIpc) is 2.86. The van der Waals surface area contributed by atoms with Gasteiger partial charge in [0.2, 0.25) is 0 Å². The third-order valence-corrected chi connectivity index (χ3v) is 4.78. The van der Waals surface area contributed by atoms with Crippen LogP contribution < -0.4 is 0 Å². The van der Waals surface area contributed by atoms with Crippen molar-refractivity contribution in [3.8, 4) is 0 Å². The number of nitrogens with zero attached hydrogens (tertiary/aromatic N) is 3. The molecule has 1 aromatic carbocycles. The van der Waals surface area contributed by atoms with E-state index < -0.39 is 0 Å². The second-order valence-corrected chi connectivity index (χ2v) is 6.33. The fraction of sp³-hybridized carbons (Fsp3) is 0.316. The summed E-state index contributed by atoms with van der Waals surface area (Å²) in [6, 6.07) is 9.31. The number of halogens is 2. The Balaban J connectivity index is 0.00000169. The van der Waals surface area contributed by atoms with E-state index in [1.165, 1.54) is 16.8 Å². The molecule has 3 heterocycles. The Labute approximate surface area is 147 Å². The van der Waals surface area contributed by atoms with E-state index in [4.69, 9.17) is 0 Å². The molecule has 24 heavy (non-hydrogen) atoms. The van der Waals surface area contributed by atoms with E-state index in [0.717, 1.165) is 43.4 Å². The number of likely N-dealkylation sites (N-methyl/N-ethyl adjacent to an activating group) is 1. The first-order valence-electron chi connectivity index (χ1n) is 8.09. The summed E-state index contributed by atoms with van der Waals surface area (Å²) >= 11 is 0. The van der Waals surface area contributed by atoms with Crippen LogP contribution in [-0.4, -0.2) is 28.0 Å². The summed E-state index contributed by atoms with van der Waals surface area (Å²) in [6.07, 6.45) is 5.66. The number of hydrogen-bond donors (Lipinski definition) is 0. The fourth-order valence-corrected chi connectivity index (χ4v) is 3.60. The fourth-order valence-electron chi connectivity index (χ4n) is 3.60. The molecule has 0 fully saturated rings. The molecule has 0 atom stereocenters. The summed E-state index contributed by atoms with van der Waals surface area (Å²) in [7, 11) is 2.13. The molecule has 0 spiro atoms. The van der Waals surface area contributed by atoms with Gasteiger partial charge in [0.1, 0.15) is 5.82 Å². The quantitative estimate of drug-likeness (QED) is 0.719. The molecule has 0 bridgehead atoms. The number of aromatic nitrogens is 2. The Bertz CT molecular complexity index is 845. The molecule has 0 aliphatic carbocycles.